The van der Waals surface area contributed by atoms with Crippen LogP contribution in [0.2, 0.25) is 0 Å². The molecule has 0 heterocycles. The Labute approximate surface area is 301 Å². The molecule has 0 aliphatic carbocycles. The summed E-state index contributed by atoms with van der Waals surface area (Å²) in [6.07, 6.45) is 31.3. The van der Waals surface area contributed by atoms with Crippen molar-refractivity contribution in [2.45, 2.75) is 180 Å². The van der Waals surface area contributed by atoms with Crippen LogP contribution in [-0.2, 0) is 32.7 Å². The Kier molecular flexibility index (Phi) is 31.8. The normalized spacial score (nSPS) is 13.8. The van der Waals surface area contributed by atoms with Gasteiger partial charge in [0.05, 0.1) is 27.7 Å². The number of nitrogens with zero attached hydrogens (tertiary/aromatic N) is 1. The molecular weight excluding hydrogens is 641 g/mol. The van der Waals surface area contributed by atoms with Gasteiger partial charge in [0.2, 0.25) is 0 Å². The lowest BCUT2D eigenvalue weighted by molar-refractivity contribution is -0.870. The lowest BCUT2D eigenvalue weighted by atomic mass is 10.1. The Morgan fingerprint density at radius 1 is 0.612 bits per heavy atom. The number of phosphoric acid groups is 1. The van der Waals surface area contributed by atoms with E-state index in [-0.39, 0.29) is 32.0 Å². The average Bonchev–Trinajstić information content (AvgIpc) is 3.04. The molecule has 0 rings (SSSR count). The van der Waals surface area contributed by atoms with Gasteiger partial charge in [0.25, 0.3) is 0 Å². The maximum Gasteiger partial charge on any atom is 0.472 e. The number of phosphoric ester groups is 1. The molecule has 0 aromatic carbocycles. The van der Waals surface area contributed by atoms with E-state index in [0.29, 0.717) is 17.4 Å². The Hall–Kier alpha value is -1.25. The quantitative estimate of drug-likeness (QED) is 0.0224. The Bertz CT molecular complexity index is 860. The predicted octanol–water partition coefficient (Wildman–Crippen LogP) is 10.6. The number of rotatable bonds is 36. The van der Waals surface area contributed by atoms with Crippen molar-refractivity contribution in [1.29, 1.82) is 0 Å². The molecule has 1 N–H and O–H groups in total. The number of unbranched alkanes of at least 4 members (excludes halogenated alkanes) is 20. The van der Waals surface area contributed by atoms with Crippen LogP contribution in [0.25, 0.3) is 0 Å². The summed E-state index contributed by atoms with van der Waals surface area (Å²) in [5.41, 5.74) is 0. The highest BCUT2D eigenvalue weighted by molar-refractivity contribution is 7.47. The zero-order valence-corrected chi connectivity index (χ0v) is 33.3. The van der Waals surface area contributed by atoms with Crippen LogP contribution in [0.3, 0.4) is 0 Å². The molecule has 290 valence electrons. The summed E-state index contributed by atoms with van der Waals surface area (Å²) in [5.74, 6) is -0.852. The molecule has 0 amide bonds. The fraction of sp³-hybridized carbons (Fsp3) is 0.897. The Morgan fingerprint density at radius 2 is 1.08 bits per heavy atom. The minimum atomic E-state index is -4.37. The summed E-state index contributed by atoms with van der Waals surface area (Å²) in [7, 11) is 1.46. The molecular formula is C39H77NO8P+. The fourth-order valence-electron chi connectivity index (χ4n) is 5.38. The Morgan fingerprint density at radius 3 is 1.59 bits per heavy atom. The summed E-state index contributed by atoms with van der Waals surface area (Å²) >= 11 is 0. The van der Waals surface area contributed by atoms with E-state index in [1.807, 2.05) is 27.2 Å². The third kappa shape index (κ3) is 36.3. The van der Waals surface area contributed by atoms with E-state index in [2.05, 4.69) is 19.9 Å². The second-order valence-electron chi connectivity index (χ2n) is 14.7. The maximum absolute atomic E-state index is 12.6. The highest BCUT2D eigenvalue weighted by Crippen LogP contribution is 2.43. The standard InChI is InChI=1S/C39H76NO8P/c1-6-8-10-12-14-16-18-19-20-21-22-24-26-28-30-32-39(42)48-37(36-47-49(43,44)46-34-33-40(3,4)5)35-45-38(41)31-29-27-25-23-17-15-13-11-9-7-2/h26,28,37H,6-25,27,29-36H2,1-5H3/p+1/b28-26+/t37-/m1/s1. The number of esters is 2. The zero-order chi connectivity index (χ0) is 36.5. The molecule has 9 nitrogen and oxygen atoms in total. The average molecular weight is 719 g/mol. The molecule has 0 fully saturated rings. The van der Waals surface area contributed by atoms with Crippen molar-refractivity contribution in [3.05, 3.63) is 12.2 Å². The number of ether oxygens (including phenoxy) is 2. The summed E-state index contributed by atoms with van der Waals surface area (Å²) in [4.78, 5) is 35.1. The van der Waals surface area contributed by atoms with Crippen LogP contribution >= 0.6 is 7.82 Å². The van der Waals surface area contributed by atoms with Crippen molar-refractivity contribution in [2.75, 3.05) is 47.5 Å². The van der Waals surface area contributed by atoms with Crippen molar-refractivity contribution in [3.8, 4) is 0 Å². The van der Waals surface area contributed by atoms with Crippen LogP contribution in [0, 0.1) is 0 Å². The van der Waals surface area contributed by atoms with Gasteiger partial charge in [-0.25, -0.2) is 4.57 Å². The first kappa shape index (κ1) is 47.8. The molecule has 10 heteroatoms. The van der Waals surface area contributed by atoms with Gasteiger partial charge < -0.3 is 18.9 Å². The number of carbonyl (C=O) groups is 2. The van der Waals surface area contributed by atoms with Gasteiger partial charge in [0, 0.05) is 12.8 Å². The van der Waals surface area contributed by atoms with Crippen molar-refractivity contribution in [1.82, 2.24) is 0 Å². The molecule has 0 saturated heterocycles. The number of allylic oxidation sites excluding steroid dienone is 2. The van der Waals surface area contributed by atoms with E-state index in [0.717, 1.165) is 32.1 Å². The number of carbonyl (C=O) groups excluding carboxylic acids is 2. The molecule has 0 aromatic heterocycles. The molecule has 0 spiro atoms. The topological polar surface area (TPSA) is 108 Å². The minimum absolute atomic E-state index is 0.0289. The maximum atomic E-state index is 12.6. The van der Waals surface area contributed by atoms with Gasteiger partial charge in [0.1, 0.15) is 19.8 Å². The highest BCUT2D eigenvalue weighted by Gasteiger charge is 2.27. The second kappa shape index (κ2) is 32.6. The van der Waals surface area contributed by atoms with E-state index in [9.17, 15) is 19.0 Å². The monoisotopic (exact) mass is 719 g/mol. The molecule has 2 atom stereocenters. The lowest BCUT2D eigenvalue weighted by Gasteiger charge is -2.24. The van der Waals surface area contributed by atoms with Crippen LogP contribution in [0.1, 0.15) is 174 Å². The van der Waals surface area contributed by atoms with Crippen LogP contribution in [0.5, 0.6) is 0 Å². The SMILES string of the molecule is CCCCCCCCCCCCC/C=C/CCC(=O)O[C@H](COC(=O)CCCCCCCCCCCC)COP(=O)(O)OCC[N+](C)(C)C. The third-order valence-corrected chi connectivity index (χ3v) is 9.54. The summed E-state index contributed by atoms with van der Waals surface area (Å²) < 4.78 is 34.1. The van der Waals surface area contributed by atoms with Crippen molar-refractivity contribution in [3.63, 3.8) is 0 Å². The first-order valence-corrected chi connectivity index (χ1v) is 21.4. The van der Waals surface area contributed by atoms with Crippen molar-refractivity contribution in [2.24, 2.45) is 0 Å². The zero-order valence-electron chi connectivity index (χ0n) is 32.4. The summed E-state index contributed by atoms with van der Waals surface area (Å²) in [6, 6.07) is 0. The number of quaternary nitrogens is 1. The second-order valence-corrected chi connectivity index (χ2v) is 16.1. The predicted molar refractivity (Wildman–Crippen MR) is 201 cm³/mol. The molecule has 49 heavy (non-hydrogen) atoms. The lowest BCUT2D eigenvalue weighted by Crippen LogP contribution is -2.37. The molecule has 0 bridgehead atoms. The van der Waals surface area contributed by atoms with Crippen molar-refractivity contribution >= 4 is 19.8 Å². The van der Waals surface area contributed by atoms with E-state index in [4.69, 9.17) is 18.5 Å². The third-order valence-electron chi connectivity index (χ3n) is 8.56. The number of hydrogen-bond donors (Lipinski definition) is 1. The van der Waals surface area contributed by atoms with Gasteiger partial charge in [-0.15, -0.1) is 0 Å². The first-order chi connectivity index (χ1) is 23.5. The molecule has 0 aliphatic rings. The van der Waals surface area contributed by atoms with E-state index < -0.39 is 26.5 Å². The fourth-order valence-corrected chi connectivity index (χ4v) is 6.13. The van der Waals surface area contributed by atoms with Crippen LogP contribution in [0.4, 0.5) is 0 Å². The number of hydrogen-bond acceptors (Lipinski definition) is 7. The van der Waals surface area contributed by atoms with Gasteiger partial charge in [-0.2, -0.15) is 0 Å². The molecule has 0 aromatic rings. The molecule has 0 saturated carbocycles. The smallest absolute Gasteiger partial charge is 0.462 e. The van der Waals surface area contributed by atoms with Gasteiger partial charge in [0.15, 0.2) is 6.10 Å². The van der Waals surface area contributed by atoms with Gasteiger partial charge in [-0.3, -0.25) is 18.6 Å². The van der Waals surface area contributed by atoms with E-state index in [1.165, 1.54) is 109 Å². The van der Waals surface area contributed by atoms with Gasteiger partial charge in [-0.05, 0) is 25.7 Å². The van der Waals surface area contributed by atoms with Gasteiger partial charge in [-0.1, -0.05) is 148 Å². The van der Waals surface area contributed by atoms with Crippen LogP contribution in [0.15, 0.2) is 12.2 Å². The van der Waals surface area contributed by atoms with Crippen LogP contribution < -0.4 is 0 Å². The Balaban J connectivity index is 4.44. The first-order valence-electron chi connectivity index (χ1n) is 19.9. The highest BCUT2D eigenvalue weighted by atomic mass is 31.2. The largest absolute Gasteiger partial charge is 0.472 e. The van der Waals surface area contributed by atoms with E-state index >= 15 is 0 Å². The number of likely N-dealkylation sites (N-methyl/N-ethyl adjacent to an activating group) is 1. The molecule has 0 radical (unpaired) electrons. The molecule has 0 aliphatic heterocycles. The summed E-state index contributed by atoms with van der Waals surface area (Å²) in [6.45, 7) is 4.37. The molecule has 1 unspecified atom stereocenters. The van der Waals surface area contributed by atoms with Crippen molar-refractivity contribution < 1.29 is 42.1 Å². The summed E-state index contributed by atoms with van der Waals surface area (Å²) in [5, 5.41) is 0. The van der Waals surface area contributed by atoms with Gasteiger partial charge >= 0.3 is 19.8 Å². The van der Waals surface area contributed by atoms with Crippen LogP contribution in [-0.4, -0.2) is 74.9 Å². The van der Waals surface area contributed by atoms with E-state index in [1.54, 1.807) is 0 Å². The minimum Gasteiger partial charge on any atom is -0.462 e.